The first-order valence-electron chi connectivity index (χ1n) is 9.02. The van der Waals surface area contributed by atoms with Gasteiger partial charge < -0.3 is 24.8 Å². The summed E-state index contributed by atoms with van der Waals surface area (Å²) in [6, 6.07) is 28.2. The van der Waals surface area contributed by atoms with Gasteiger partial charge in [-0.05, 0) is 0 Å². The fourth-order valence-corrected chi connectivity index (χ4v) is 4.29. The molecule has 0 bridgehead atoms. The molecule has 0 amide bonds. The number of hydrogen-bond donors (Lipinski definition) is 0. The van der Waals surface area contributed by atoms with E-state index in [0.29, 0.717) is 5.92 Å². The first-order chi connectivity index (χ1) is 12.6. The third-order valence-electron chi connectivity index (χ3n) is 5.33. The van der Waals surface area contributed by atoms with Crippen LogP contribution >= 0.6 is 0 Å². The average molecular weight is 443 g/mol. The van der Waals surface area contributed by atoms with E-state index in [1.54, 1.807) is 0 Å². The second-order valence-corrected chi connectivity index (χ2v) is 7.98. The van der Waals surface area contributed by atoms with E-state index in [1.807, 2.05) is 0 Å². The molecule has 3 aromatic rings. The Balaban J connectivity index is 0.00000140. The molecule has 0 N–H and O–H groups in total. The third kappa shape index (κ3) is 4.09. The van der Waals surface area contributed by atoms with Gasteiger partial charge in [0.25, 0.3) is 0 Å². The molecule has 3 aromatic carbocycles. The maximum absolute atomic E-state index is 2.37. The van der Waals surface area contributed by atoms with Gasteiger partial charge in [-0.1, -0.05) is 0 Å². The molecule has 1 atom stereocenters. The van der Waals surface area contributed by atoms with Crippen molar-refractivity contribution in [2.24, 2.45) is 0 Å². The van der Waals surface area contributed by atoms with Crippen molar-refractivity contribution in [2.75, 3.05) is 3.38 Å². The first-order valence-corrected chi connectivity index (χ1v) is 9.72. The van der Waals surface area contributed by atoms with Gasteiger partial charge in [-0.3, -0.25) is 0 Å². The van der Waals surface area contributed by atoms with Gasteiger partial charge in [-0.15, -0.1) is 0 Å². The van der Waals surface area contributed by atoms with Gasteiger partial charge in [0.15, 0.2) is 0 Å². The van der Waals surface area contributed by atoms with Gasteiger partial charge in [0.2, 0.25) is 0 Å². The number of fused-ring (bicyclic) bond motifs is 1. The van der Waals surface area contributed by atoms with Crippen LogP contribution in [0.3, 0.4) is 0 Å². The standard InChI is InChI=1S/C24H22N.2ClH.Ti/c1-24(2,25-19-11-4-3-5-12-19)23-15-9-8-14-22(23)21-17-16-18-10-6-7-13-20(18)21;;;/h3-17,21H,1-2H3;2*1H;/q-1;;;+3/p-2. The number of rotatable bonds is 4. The molecule has 0 fully saturated rings. The summed E-state index contributed by atoms with van der Waals surface area (Å²) < 4.78 is 2.37. The average Bonchev–Trinajstić information content (AvgIpc) is 3.12. The minimum Gasteiger partial charge on any atom is -1.00 e. The maximum Gasteiger partial charge on any atom is -1.00 e. The Morgan fingerprint density at radius 3 is 2.04 bits per heavy atom. The molecule has 0 saturated heterocycles. The maximum atomic E-state index is 2.37. The molecule has 28 heavy (non-hydrogen) atoms. The van der Waals surface area contributed by atoms with Crippen LogP contribution < -0.4 is 28.2 Å². The Kier molecular flexibility index (Phi) is 7.59. The number of para-hydroxylation sites is 1. The summed E-state index contributed by atoms with van der Waals surface area (Å²) in [6.45, 7) is 4.62. The zero-order valence-corrected chi connectivity index (χ0v) is 19.0. The summed E-state index contributed by atoms with van der Waals surface area (Å²) in [4.78, 5) is 0. The Morgan fingerprint density at radius 2 is 1.32 bits per heavy atom. The number of benzene rings is 3. The fraction of sp³-hybridized carbons (Fsp3) is 0.167. The second kappa shape index (κ2) is 9.33. The summed E-state index contributed by atoms with van der Waals surface area (Å²) in [5.41, 5.74) is 6.61. The van der Waals surface area contributed by atoms with Crippen molar-refractivity contribution in [3.8, 4) is 0 Å². The number of anilines is 1. The van der Waals surface area contributed by atoms with Crippen LogP contribution in [0.1, 0.15) is 42.0 Å². The minimum absolute atomic E-state index is 0. The zero-order valence-electron chi connectivity index (χ0n) is 15.9. The van der Waals surface area contributed by atoms with Crippen molar-refractivity contribution in [3.63, 3.8) is 0 Å². The molecule has 1 unspecified atom stereocenters. The van der Waals surface area contributed by atoms with Crippen LogP contribution in [0.5, 0.6) is 0 Å². The molecule has 0 aromatic heterocycles. The molecule has 0 saturated carbocycles. The predicted molar refractivity (Wildman–Crippen MR) is 106 cm³/mol. The zero-order chi connectivity index (χ0) is 18.1. The van der Waals surface area contributed by atoms with Crippen LogP contribution in [-0.2, 0) is 26.2 Å². The van der Waals surface area contributed by atoms with Crippen molar-refractivity contribution in [1.82, 2.24) is 0 Å². The van der Waals surface area contributed by atoms with Crippen LogP contribution in [0.15, 0.2) is 84.9 Å². The molecule has 0 spiro atoms. The summed E-state index contributed by atoms with van der Waals surface area (Å²) in [5, 5.41) is 0. The van der Waals surface area contributed by atoms with E-state index in [4.69, 9.17) is 0 Å². The van der Waals surface area contributed by atoms with Crippen molar-refractivity contribution in [2.45, 2.75) is 25.3 Å². The second-order valence-electron chi connectivity index (χ2n) is 7.28. The van der Waals surface area contributed by atoms with E-state index in [0.717, 1.165) is 0 Å². The van der Waals surface area contributed by atoms with Crippen molar-refractivity contribution < 1.29 is 45.5 Å². The van der Waals surface area contributed by atoms with Crippen LogP contribution in [0.25, 0.3) is 6.08 Å². The third-order valence-corrected chi connectivity index (χ3v) is 6.60. The Labute approximate surface area is 192 Å². The summed E-state index contributed by atoms with van der Waals surface area (Å²) >= 11 is 2.19. The molecular weight excluding hydrogens is 421 g/mol. The predicted octanol–water partition coefficient (Wildman–Crippen LogP) is 0.0568. The molecule has 4 heteroatoms. The minimum atomic E-state index is -0.122. The fourth-order valence-electron chi connectivity index (χ4n) is 3.87. The van der Waals surface area contributed by atoms with E-state index < -0.39 is 0 Å². The van der Waals surface area contributed by atoms with Crippen LogP contribution in [0, 0.1) is 0 Å². The summed E-state index contributed by atoms with van der Waals surface area (Å²) in [6.07, 6.45) is 4.59. The summed E-state index contributed by atoms with van der Waals surface area (Å²) in [7, 11) is 0. The van der Waals surface area contributed by atoms with Gasteiger partial charge in [0.1, 0.15) is 0 Å². The van der Waals surface area contributed by atoms with Crippen molar-refractivity contribution in [3.05, 3.63) is 107 Å². The van der Waals surface area contributed by atoms with Crippen molar-refractivity contribution in [1.29, 1.82) is 0 Å². The summed E-state index contributed by atoms with van der Waals surface area (Å²) in [5.74, 6) is 0.325. The number of nitrogens with zero attached hydrogens (tertiary/aromatic N) is 1. The van der Waals surface area contributed by atoms with Crippen LogP contribution in [0.4, 0.5) is 5.69 Å². The van der Waals surface area contributed by atoms with E-state index in [-0.39, 0.29) is 30.4 Å². The van der Waals surface area contributed by atoms with Gasteiger partial charge in [0, 0.05) is 0 Å². The van der Waals surface area contributed by atoms with Crippen LogP contribution in [-0.4, -0.2) is 0 Å². The molecule has 4 rings (SSSR count). The topological polar surface area (TPSA) is 3.24 Å². The molecular formula is C24H22Cl2NTi. The number of halogens is 2. The molecule has 1 aliphatic carbocycles. The number of hydrogen-bond acceptors (Lipinski definition) is 1. The molecule has 141 valence electrons. The monoisotopic (exact) mass is 442 g/mol. The largest absolute Gasteiger partial charge is 1.00 e. The molecule has 0 radical (unpaired) electrons. The van der Waals surface area contributed by atoms with Gasteiger partial charge >= 0.3 is 168 Å². The van der Waals surface area contributed by atoms with E-state index >= 15 is 0 Å². The van der Waals surface area contributed by atoms with Gasteiger partial charge in [-0.25, -0.2) is 0 Å². The van der Waals surface area contributed by atoms with E-state index in [1.165, 1.54) is 27.9 Å². The Hall–Kier alpha value is -1.51. The number of allylic oxidation sites excluding steroid dienone is 1. The SMILES string of the molecule is CC(C)(c1ccccc1C1C=Cc2ccccc21)[N]([Ti+2])c1ccccc1.[Cl-].[Cl-]. The van der Waals surface area contributed by atoms with E-state index in [9.17, 15) is 0 Å². The smallest absolute Gasteiger partial charge is 1.00 e. The van der Waals surface area contributed by atoms with Gasteiger partial charge in [0.05, 0.1) is 0 Å². The van der Waals surface area contributed by atoms with E-state index in [2.05, 4.69) is 129 Å². The van der Waals surface area contributed by atoms with Crippen LogP contribution in [0.2, 0.25) is 0 Å². The van der Waals surface area contributed by atoms with Crippen molar-refractivity contribution >= 4 is 11.8 Å². The molecule has 0 heterocycles. The molecule has 0 aliphatic heterocycles. The molecule has 1 aliphatic rings. The normalized spacial score (nSPS) is 14.6. The first kappa shape index (κ1) is 22.8. The molecule has 1 nitrogen and oxygen atoms in total. The Morgan fingerprint density at radius 1 is 0.750 bits per heavy atom. The van der Waals surface area contributed by atoms with Gasteiger partial charge in [-0.2, -0.15) is 0 Å². The quantitative estimate of drug-likeness (QED) is 0.516. The Bertz CT molecular complexity index is 954.